The van der Waals surface area contributed by atoms with Crippen LogP contribution in [0, 0.1) is 0 Å². The van der Waals surface area contributed by atoms with E-state index in [4.69, 9.17) is 28.4 Å². The Morgan fingerprint density at radius 2 is 1.52 bits per heavy atom. The average molecular weight is 387 g/mol. The highest BCUT2D eigenvalue weighted by molar-refractivity contribution is 4.98. The predicted octanol–water partition coefficient (Wildman–Crippen LogP) is 4.15. The second kappa shape index (κ2) is 9.06. The largest absolute Gasteiger partial charge is 0.372 e. The fourth-order valence-corrected chi connectivity index (χ4v) is 4.15. The standard InChI is InChI=1S/C21H38O6/c1-6-7-8-9-10-11-12-13-22-17-16(15-14-23-20(2,3)25-15)24-19-18(17)26-21(4,5)27-19/h15-19H,6-14H2,1-5H3/t15-,16-,17+,18-,19+/m0/s1. The van der Waals surface area contributed by atoms with Crippen molar-refractivity contribution in [1.29, 1.82) is 0 Å². The third kappa shape index (κ3) is 5.64. The Balaban J connectivity index is 1.49. The van der Waals surface area contributed by atoms with Gasteiger partial charge in [0.2, 0.25) is 0 Å². The summed E-state index contributed by atoms with van der Waals surface area (Å²) < 4.78 is 36.2. The number of hydrogen-bond acceptors (Lipinski definition) is 6. The van der Waals surface area contributed by atoms with E-state index in [1.807, 2.05) is 27.7 Å². The topological polar surface area (TPSA) is 55.4 Å². The molecule has 0 aromatic heterocycles. The van der Waals surface area contributed by atoms with Crippen LogP contribution in [0.5, 0.6) is 0 Å². The number of fused-ring (bicyclic) bond motifs is 1. The molecule has 0 spiro atoms. The summed E-state index contributed by atoms with van der Waals surface area (Å²) in [5, 5.41) is 0. The minimum Gasteiger partial charge on any atom is -0.372 e. The molecule has 5 atom stereocenters. The molecule has 3 aliphatic rings. The molecule has 0 bridgehead atoms. The lowest BCUT2D eigenvalue weighted by Gasteiger charge is -2.29. The van der Waals surface area contributed by atoms with Gasteiger partial charge in [-0.05, 0) is 34.1 Å². The molecule has 3 heterocycles. The van der Waals surface area contributed by atoms with Gasteiger partial charge in [-0.25, -0.2) is 0 Å². The molecular weight excluding hydrogens is 348 g/mol. The van der Waals surface area contributed by atoms with Gasteiger partial charge in [-0.2, -0.15) is 0 Å². The van der Waals surface area contributed by atoms with Gasteiger partial charge in [0.15, 0.2) is 17.9 Å². The molecule has 0 aromatic carbocycles. The predicted molar refractivity (Wildman–Crippen MR) is 101 cm³/mol. The summed E-state index contributed by atoms with van der Waals surface area (Å²) in [6.45, 7) is 11.1. The zero-order valence-electron chi connectivity index (χ0n) is 17.7. The van der Waals surface area contributed by atoms with Crippen LogP contribution in [0.25, 0.3) is 0 Å². The van der Waals surface area contributed by atoms with Crippen LogP contribution in [0.1, 0.15) is 79.6 Å². The van der Waals surface area contributed by atoms with Crippen LogP contribution in [-0.2, 0) is 28.4 Å². The van der Waals surface area contributed by atoms with Gasteiger partial charge in [0, 0.05) is 6.61 Å². The molecule has 3 saturated heterocycles. The van der Waals surface area contributed by atoms with Gasteiger partial charge in [0.25, 0.3) is 0 Å². The van der Waals surface area contributed by atoms with Crippen LogP contribution in [0.15, 0.2) is 0 Å². The van der Waals surface area contributed by atoms with E-state index in [0.29, 0.717) is 13.2 Å². The van der Waals surface area contributed by atoms with Gasteiger partial charge in [-0.1, -0.05) is 45.4 Å². The summed E-state index contributed by atoms with van der Waals surface area (Å²) >= 11 is 0. The fraction of sp³-hybridized carbons (Fsp3) is 1.00. The molecule has 3 fully saturated rings. The van der Waals surface area contributed by atoms with Crippen molar-refractivity contribution >= 4 is 0 Å². The third-order valence-corrected chi connectivity index (χ3v) is 5.48. The monoisotopic (exact) mass is 386 g/mol. The van der Waals surface area contributed by atoms with Crippen LogP contribution in [0.4, 0.5) is 0 Å². The highest BCUT2D eigenvalue weighted by Crippen LogP contribution is 2.41. The minimum atomic E-state index is -0.645. The molecule has 158 valence electrons. The van der Waals surface area contributed by atoms with Crippen molar-refractivity contribution in [2.75, 3.05) is 13.2 Å². The van der Waals surface area contributed by atoms with Crippen molar-refractivity contribution in [3.8, 4) is 0 Å². The van der Waals surface area contributed by atoms with Crippen LogP contribution in [0.2, 0.25) is 0 Å². The zero-order chi connectivity index (χ0) is 19.5. The fourth-order valence-electron chi connectivity index (χ4n) is 4.15. The van der Waals surface area contributed by atoms with E-state index in [1.54, 1.807) is 0 Å². The Hall–Kier alpha value is -0.240. The quantitative estimate of drug-likeness (QED) is 0.526. The molecule has 0 saturated carbocycles. The van der Waals surface area contributed by atoms with E-state index in [1.165, 1.54) is 38.5 Å². The Morgan fingerprint density at radius 3 is 2.19 bits per heavy atom. The highest BCUT2D eigenvalue weighted by Gasteiger charge is 2.58. The summed E-state index contributed by atoms with van der Waals surface area (Å²) in [6.07, 6.45) is 7.61. The second-order valence-corrected chi connectivity index (χ2v) is 8.89. The first-order valence-electron chi connectivity index (χ1n) is 10.8. The van der Waals surface area contributed by atoms with E-state index in [2.05, 4.69) is 6.92 Å². The molecule has 6 heteroatoms. The minimum absolute atomic E-state index is 0.167. The summed E-state index contributed by atoms with van der Waals surface area (Å²) in [5.41, 5.74) is 0. The maximum Gasteiger partial charge on any atom is 0.190 e. The van der Waals surface area contributed by atoms with Crippen LogP contribution in [-0.4, -0.2) is 55.5 Å². The van der Waals surface area contributed by atoms with E-state index >= 15 is 0 Å². The molecule has 0 unspecified atom stereocenters. The highest BCUT2D eigenvalue weighted by atomic mass is 16.8. The Labute approximate surface area is 164 Å². The van der Waals surface area contributed by atoms with Gasteiger partial charge in [-0.15, -0.1) is 0 Å². The van der Waals surface area contributed by atoms with Crippen LogP contribution >= 0.6 is 0 Å². The van der Waals surface area contributed by atoms with Gasteiger partial charge < -0.3 is 28.4 Å². The molecular formula is C21H38O6. The molecule has 0 amide bonds. The molecule has 0 aliphatic carbocycles. The Morgan fingerprint density at radius 1 is 0.815 bits per heavy atom. The Bertz CT molecular complexity index is 466. The molecule has 0 N–H and O–H groups in total. The summed E-state index contributed by atoms with van der Waals surface area (Å²) in [7, 11) is 0. The lowest BCUT2D eigenvalue weighted by molar-refractivity contribution is -0.236. The van der Waals surface area contributed by atoms with Crippen molar-refractivity contribution < 1.29 is 28.4 Å². The van der Waals surface area contributed by atoms with Gasteiger partial charge >= 0.3 is 0 Å². The smallest absolute Gasteiger partial charge is 0.190 e. The molecule has 3 rings (SSSR count). The normalized spacial score (nSPS) is 37.0. The third-order valence-electron chi connectivity index (χ3n) is 5.48. The zero-order valence-corrected chi connectivity index (χ0v) is 17.7. The first kappa shape index (κ1) is 21.5. The maximum absolute atomic E-state index is 6.27. The second-order valence-electron chi connectivity index (χ2n) is 8.89. The van der Waals surface area contributed by atoms with Crippen molar-refractivity contribution in [2.24, 2.45) is 0 Å². The maximum atomic E-state index is 6.27. The lowest BCUT2D eigenvalue weighted by atomic mass is 10.1. The summed E-state index contributed by atoms with van der Waals surface area (Å²) in [6, 6.07) is 0. The van der Waals surface area contributed by atoms with Gasteiger partial charge in [0.1, 0.15) is 24.4 Å². The van der Waals surface area contributed by atoms with Crippen molar-refractivity contribution in [3.63, 3.8) is 0 Å². The number of rotatable bonds is 10. The molecule has 27 heavy (non-hydrogen) atoms. The van der Waals surface area contributed by atoms with Crippen LogP contribution < -0.4 is 0 Å². The van der Waals surface area contributed by atoms with E-state index < -0.39 is 17.9 Å². The van der Waals surface area contributed by atoms with E-state index in [9.17, 15) is 0 Å². The van der Waals surface area contributed by atoms with Gasteiger partial charge in [-0.3, -0.25) is 0 Å². The molecule has 3 aliphatic heterocycles. The molecule has 6 nitrogen and oxygen atoms in total. The number of ether oxygens (including phenoxy) is 6. The lowest BCUT2D eigenvalue weighted by Crippen LogP contribution is -2.44. The van der Waals surface area contributed by atoms with E-state index in [0.717, 1.165) is 6.42 Å². The van der Waals surface area contributed by atoms with Gasteiger partial charge in [0.05, 0.1) is 6.61 Å². The number of hydrogen-bond donors (Lipinski definition) is 0. The molecule has 0 aromatic rings. The average Bonchev–Trinajstić information content (AvgIpc) is 3.19. The SMILES string of the molecule is CCCCCCCCCO[C@H]1[C@@H]2OC(C)(C)O[C@H]2O[C@H]1[C@@H]1COC(C)(C)O1. The van der Waals surface area contributed by atoms with Crippen molar-refractivity contribution in [2.45, 2.75) is 122 Å². The summed E-state index contributed by atoms with van der Waals surface area (Å²) in [5.74, 6) is -1.23. The molecule has 0 radical (unpaired) electrons. The van der Waals surface area contributed by atoms with E-state index in [-0.39, 0.29) is 24.4 Å². The Kier molecular flexibility index (Phi) is 7.20. The number of unbranched alkanes of at least 4 members (excludes halogenated alkanes) is 6. The van der Waals surface area contributed by atoms with Crippen molar-refractivity contribution in [3.05, 3.63) is 0 Å². The van der Waals surface area contributed by atoms with Crippen LogP contribution in [0.3, 0.4) is 0 Å². The van der Waals surface area contributed by atoms with Crippen molar-refractivity contribution in [1.82, 2.24) is 0 Å². The first-order chi connectivity index (χ1) is 12.8. The summed E-state index contributed by atoms with van der Waals surface area (Å²) in [4.78, 5) is 0. The first-order valence-corrected chi connectivity index (χ1v) is 10.8.